The summed E-state index contributed by atoms with van der Waals surface area (Å²) < 4.78 is 347. The molecule has 0 aromatic rings. The summed E-state index contributed by atoms with van der Waals surface area (Å²) in [6.07, 6.45) is -16.8. The molecule has 0 saturated carbocycles. The Morgan fingerprint density at radius 3 is 0.833 bits per heavy atom. The summed E-state index contributed by atoms with van der Waals surface area (Å²) in [7, 11) is -8.11. The number of alkyl halides is 25. The van der Waals surface area contributed by atoms with Crippen molar-refractivity contribution in [2.75, 3.05) is 0 Å². The summed E-state index contributed by atoms with van der Waals surface area (Å²) in [5.41, 5.74) is 0. The van der Waals surface area contributed by atoms with E-state index in [0.717, 1.165) is 4.74 Å². The molecule has 0 heterocycles. The molecule has 0 spiro atoms. The highest BCUT2D eigenvalue weighted by Gasteiger charge is 2.98. The van der Waals surface area contributed by atoms with Gasteiger partial charge in [-0.05, 0) is 11.6 Å². The number of hydrogen-bond acceptors (Lipinski definition) is 4. The zero-order chi connectivity index (χ0) is 35.2. The molecule has 0 saturated heterocycles. The Morgan fingerprint density at radius 2 is 0.619 bits per heavy atom. The summed E-state index contributed by atoms with van der Waals surface area (Å²) in [5, 5.41) is -15.0. The Morgan fingerprint density at radius 1 is 0.405 bits per heavy atom. The topological polar surface area (TPSA) is 66.4 Å². The van der Waals surface area contributed by atoms with Crippen molar-refractivity contribution in [3.8, 4) is 0 Å². The molecule has 0 aromatic carbocycles. The Balaban J connectivity index is 7.21. The molecule has 0 N–H and O–H groups in total. The maximum Gasteiger partial charge on any atom is 0.438 e. The van der Waals surface area contributed by atoms with E-state index in [1.807, 2.05) is 0 Å². The second kappa shape index (κ2) is 9.74. The molecular formula is C12ClF24O4S-. The van der Waals surface area contributed by atoms with Gasteiger partial charge in [-0.15, -0.1) is 0 Å². The number of halogens is 25. The molecule has 0 amide bonds. The highest BCUT2D eigenvalue weighted by Crippen LogP contribution is 2.66. The van der Waals surface area contributed by atoms with Gasteiger partial charge in [0.05, 0.1) is 0 Å². The molecule has 0 fully saturated rings. The highest BCUT2D eigenvalue weighted by atomic mass is 35.5. The van der Waals surface area contributed by atoms with Crippen molar-refractivity contribution >= 4 is 21.7 Å². The smallest absolute Gasteiger partial charge is 0.438 e. The van der Waals surface area contributed by atoms with Gasteiger partial charge < -0.3 is 4.55 Å². The minimum atomic E-state index is -9.58. The van der Waals surface area contributed by atoms with Crippen molar-refractivity contribution in [2.24, 2.45) is 0 Å². The van der Waals surface area contributed by atoms with Crippen LogP contribution < -0.4 is 0 Å². The molecule has 0 aromatic heterocycles. The van der Waals surface area contributed by atoms with E-state index in [1.165, 1.54) is 0 Å². The van der Waals surface area contributed by atoms with E-state index < -0.39 is 80.4 Å². The Bertz CT molecular complexity index is 1120. The quantitative estimate of drug-likeness (QED) is 0.114. The van der Waals surface area contributed by atoms with E-state index in [4.69, 9.17) is 0 Å². The Kier molecular flexibility index (Phi) is 9.39. The lowest BCUT2D eigenvalue weighted by atomic mass is 9.87. The van der Waals surface area contributed by atoms with Gasteiger partial charge in [0.2, 0.25) is 0 Å². The van der Waals surface area contributed by atoms with E-state index in [0.29, 0.717) is 0 Å². The SMILES string of the molecule is O=S(=O)([O-])C(F)(F)C(F)(F)OC(F)(F)C(F)(F)C(F)(F)C(F)(F)C(F)(F)C(F)(F)C(F)(F)C(F)(F)C(F)(F)C(F)(F)Cl. The minimum absolute atomic E-state index is 0.908. The lowest BCUT2D eigenvalue weighted by Crippen LogP contribution is -2.77. The van der Waals surface area contributed by atoms with Crippen LogP contribution in [0, 0.1) is 0 Å². The third-order valence-corrected chi connectivity index (χ3v) is 5.49. The third kappa shape index (κ3) is 5.05. The first-order chi connectivity index (χ1) is 17.5. The monoisotopic (exact) mass is 731 g/mol. The van der Waals surface area contributed by atoms with Gasteiger partial charge >= 0.3 is 70.2 Å². The van der Waals surface area contributed by atoms with Crippen LogP contribution >= 0.6 is 11.6 Å². The van der Waals surface area contributed by atoms with E-state index in [1.54, 1.807) is 0 Å². The van der Waals surface area contributed by atoms with Crippen LogP contribution in [0.4, 0.5) is 105 Å². The van der Waals surface area contributed by atoms with E-state index >= 15 is 0 Å². The maximum atomic E-state index is 13.5. The fraction of sp³-hybridized carbons (Fsp3) is 1.00. The number of hydrogen-bond donors (Lipinski definition) is 0. The molecular weight excluding hydrogens is 732 g/mol. The number of ether oxygens (including phenoxy) is 1. The molecule has 0 aliphatic heterocycles. The molecule has 30 heteroatoms. The van der Waals surface area contributed by atoms with Gasteiger partial charge in [0.25, 0.3) is 0 Å². The van der Waals surface area contributed by atoms with Crippen molar-refractivity contribution in [1.82, 2.24) is 0 Å². The zero-order valence-electron chi connectivity index (χ0n) is 17.5. The third-order valence-electron chi connectivity index (χ3n) is 4.39. The largest absolute Gasteiger partial charge is 0.743 e. The average molecular weight is 732 g/mol. The van der Waals surface area contributed by atoms with Gasteiger partial charge in [0, 0.05) is 0 Å². The molecule has 0 unspecified atom stereocenters. The van der Waals surface area contributed by atoms with Crippen molar-refractivity contribution < 1.29 is 123 Å². The van der Waals surface area contributed by atoms with Crippen LogP contribution in [0.2, 0.25) is 0 Å². The van der Waals surface area contributed by atoms with Gasteiger partial charge in [-0.25, -0.2) is 13.2 Å². The van der Waals surface area contributed by atoms with E-state index in [2.05, 4.69) is 11.6 Å². The van der Waals surface area contributed by atoms with Gasteiger partial charge in [0.1, 0.15) is 0 Å². The molecule has 254 valence electrons. The Hall–Kier alpha value is -1.52. The normalized spacial score (nSPS) is 17.1. The molecule has 0 radical (unpaired) electrons. The average Bonchev–Trinajstić information content (AvgIpc) is 2.69. The highest BCUT2D eigenvalue weighted by molar-refractivity contribution is 7.86. The van der Waals surface area contributed by atoms with Gasteiger partial charge in [-0.3, -0.25) is 0 Å². The summed E-state index contributed by atoms with van der Waals surface area (Å²) >= 11 is 3.20. The van der Waals surface area contributed by atoms with Crippen molar-refractivity contribution in [2.45, 2.75) is 70.2 Å². The first-order valence-electron chi connectivity index (χ1n) is 8.34. The molecule has 0 aliphatic carbocycles. The first-order valence-corrected chi connectivity index (χ1v) is 10.1. The van der Waals surface area contributed by atoms with Crippen molar-refractivity contribution in [3.63, 3.8) is 0 Å². The zero-order valence-corrected chi connectivity index (χ0v) is 19.1. The lowest BCUT2D eigenvalue weighted by molar-refractivity contribution is -0.506. The fourth-order valence-corrected chi connectivity index (χ4v) is 2.43. The van der Waals surface area contributed by atoms with Crippen LogP contribution in [-0.2, 0) is 14.9 Å². The molecule has 0 bridgehead atoms. The van der Waals surface area contributed by atoms with Crippen molar-refractivity contribution in [1.29, 1.82) is 0 Å². The van der Waals surface area contributed by atoms with Gasteiger partial charge in [0.15, 0.2) is 10.1 Å². The Labute approximate surface area is 216 Å². The molecule has 0 rings (SSSR count). The second-order valence-corrected chi connectivity index (χ2v) is 9.10. The van der Waals surface area contributed by atoms with Crippen LogP contribution in [0.1, 0.15) is 0 Å². The standard InChI is InChI=1S/C12HClF24O4S/c13-9(30,31)7(26,27)5(22,23)3(18,19)1(14,15)2(16,17)4(20,21)6(24,25)8(28,29)10(32,33)41-11(34,35)12(36,37)42(38,39)40/h(H,38,39,40)/p-1. The maximum absolute atomic E-state index is 13.5. The molecule has 42 heavy (non-hydrogen) atoms. The van der Waals surface area contributed by atoms with E-state index in [9.17, 15) is 118 Å². The van der Waals surface area contributed by atoms with E-state index in [-0.39, 0.29) is 0 Å². The van der Waals surface area contributed by atoms with Crippen LogP contribution in [0.25, 0.3) is 0 Å². The van der Waals surface area contributed by atoms with Gasteiger partial charge in [-0.2, -0.15) is 105 Å². The molecule has 0 aliphatic rings. The predicted molar refractivity (Wildman–Crippen MR) is 76.0 cm³/mol. The predicted octanol–water partition coefficient (Wildman–Crippen LogP) is 7.24. The minimum Gasteiger partial charge on any atom is -0.743 e. The first kappa shape index (κ1) is 40.5. The van der Waals surface area contributed by atoms with Crippen molar-refractivity contribution in [3.05, 3.63) is 0 Å². The summed E-state index contributed by atoms with van der Waals surface area (Å²) in [6.45, 7) is 0. The fourth-order valence-electron chi connectivity index (χ4n) is 1.97. The van der Waals surface area contributed by atoms with Gasteiger partial charge in [-0.1, -0.05) is 0 Å². The molecule has 0 atom stereocenters. The summed E-state index contributed by atoms with van der Waals surface area (Å²) in [5.74, 6) is -73.8. The summed E-state index contributed by atoms with van der Waals surface area (Å²) in [6, 6.07) is 0. The lowest BCUT2D eigenvalue weighted by Gasteiger charge is -2.44. The van der Waals surface area contributed by atoms with Crippen LogP contribution in [0.15, 0.2) is 0 Å². The molecule has 4 nitrogen and oxygen atoms in total. The summed E-state index contributed by atoms with van der Waals surface area (Å²) in [4.78, 5) is 0. The van der Waals surface area contributed by atoms with Crippen LogP contribution in [-0.4, -0.2) is 83.2 Å². The second-order valence-electron chi connectivity index (χ2n) is 7.20. The van der Waals surface area contributed by atoms with Crippen LogP contribution in [0.3, 0.4) is 0 Å². The number of rotatable bonds is 13. The van der Waals surface area contributed by atoms with Crippen LogP contribution in [0.5, 0.6) is 0 Å².